The van der Waals surface area contributed by atoms with Crippen LogP contribution in [0, 0.1) is 0 Å². The van der Waals surface area contributed by atoms with Crippen molar-refractivity contribution in [2.45, 2.75) is 6.61 Å². The van der Waals surface area contributed by atoms with Crippen LogP contribution < -0.4 is 10.1 Å². The van der Waals surface area contributed by atoms with Crippen molar-refractivity contribution < 1.29 is 14.4 Å². The third-order valence-electron chi connectivity index (χ3n) is 3.07. The van der Waals surface area contributed by atoms with Gasteiger partial charge in [-0.1, -0.05) is 33.6 Å². The number of carbonyl (C=O) groups is 1. The summed E-state index contributed by atoms with van der Waals surface area (Å²) in [5.41, 5.74) is 1.41. The molecule has 2 amide bonds. The van der Waals surface area contributed by atoms with E-state index in [1.54, 1.807) is 12.1 Å². The van der Waals surface area contributed by atoms with E-state index in [0.29, 0.717) is 17.3 Å². The van der Waals surface area contributed by atoms with Crippen LogP contribution in [0.4, 0.5) is 10.5 Å². The highest BCUT2D eigenvalue weighted by molar-refractivity contribution is 9.10. The summed E-state index contributed by atoms with van der Waals surface area (Å²) in [7, 11) is 2.92. The number of hydrogen-bond acceptors (Lipinski definition) is 3. The second kappa shape index (κ2) is 8.19. The number of ether oxygens (including phenoxy) is 1. The summed E-state index contributed by atoms with van der Waals surface area (Å²) in [4.78, 5) is 16.5. The van der Waals surface area contributed by atoms with Crippen molar-refractivity contribution >= 4 is 39.2 Å². The van der Waals surface area contributed by atoms with Gasteiger partial charge in [0.1, 0.15) is 12.4 Å². The van der Waals surface area contributed by atoms with Crippen LogP contribution in [0.25, 0.3) is 0 Å². The third kappa shape index (κ3) is 5.13. The first kappa shape index (κ1) is 17.6. The van der Waals surface area contributed by atoms with E-state index >= 15 is 0 Å². The quantitative estimate of drug-likeness (QED) is 0.741. The van der Waals surface area contributed by atoms with Crippen molar-refractivity contribution in [1.82, 2.24) is 5.06 Å². The van der Waals surface area contributed by atoms with Crippen molar-refractivity contribution in [3.8, 4) is 5.75 Å². The standard InChI is InChI=1S/C16H16BrClN2O3/c1-20(22-2)16(21)19-13-6-3-11(15(18)9-13)10-23-14-7-4-12(17)5-8-14/h3-9H,10H2,1-2H3,(H,19,21). The van der Waals surface area contributed by atoms with Crippen LogP contribution in [0.15, 0.2) is 46.9 Å². The van der Waals surface area contributed by atoms with Gasteiger partial charge in [0.05, 0.1) is 7.11 Å². The minimum Gasteiger partial charge on any atom is -0.489 e. The molecule has 0 saturated carbocycles. The average molecular weight is 400 g/mol. The van der Waals surface area contributed by atoms with Gasteiger partial charge in [-0.3, -0.25) is 4.84 Å². The molecule has 0 spiro atoms. The van der Waals surface area contributed by atoms with Crippen molar-refractivity contribution in [3.05, 3.63) is 57.5 Å². The van der Waals surface area contributed by atoms with Gasteiger partial charge in [-0.15, -0.1) is 0 Å². The van der Waals surface area contributed by atoms with Gasteiger partial charge in [-0.2, -0.15) is 0 Å². The summed E-state index contributed by atoms with van der Waals surface area (Å²) in [6.07, 6.45) is 0. The average Bonchev–Trinajstić information content (AvgIpc) is 2.54. The molecule has 23 heavy (non-hydrogen) atoms. The van der Waals surface area contributed by atoms with Crippen LogP contribution in [0.1, 0.15) is 5.56 Å². The number of amides is 2. The van der Waals surface area contributed by atoms with Crippen molar-refractivity contribution in [1.29, 1.82) is 0 Å². The van der Waals surface area contributed by atoms with E-state index in [1.807, 2.05) is 30.3 Å². The van der Waals surface area contributed by atoms with E-state index in [2.05, 4.69) is 21.2 Å². The zero-order valence-electron chi connectivity index (χ0n) is 12.7. The first-order valence-corrected chi connectivity index (χ1v) is 7.92. The number of hydroxylamine groups is 2. The Morgan fingerprint density at radius 3 is 2.57 bits per heavy atom. The van der Waals surface area contributed by atoms with Gasteiger partial charge in [-0.05, 0) is 36.4 Å². The summed E-state index contributed by atoms with van der Waals surface area (Å²) < 4.78 is 6.67. The van der Waals surface area contributed by atoms with Gasteiger partial charge in [0.2, 0.25) is 0 Å². The topological polar surface area (TPSA) is 50.8 Å². The van der Waals surface area contributed by atoms with E-state index < -0.39 is 0 Å². The highest BCUT2D eigenvalue weighted by Crippen LogP contribution is 2.23. The Morgan fingerprint density at radius 1 is 1.26 bits per heavy atom. The lowest BCUT2D eigenvalue weighted by Crippen LogP contribution is -2.30. The fourth-order valence-electron chi connectivity index (χ4n) is 1.72. The van der Waals surface area contributed by atoms with E-state index in [4.69, 9.17) is 21.2 Å². The van der Waals surface area contributed by atoms with Gasteiger partial charge in [0, 0.05) is 27.8 Å². The second-order valence-corrected chi connectivity index (χ2v) is 5.98. The molecule has 5 nitrogen and oxygen atoms in total. The molecule has 7 heteroatoms. The minimum absolute atomic E-state index is 0.340. The predicted octanol–water partition coefficient (Wildman–Crippen LogP) is 4.71. The van der Waals surface area contributed by atoms with Crippen molar-refractivity contribution in [2.24, 2.45) is 0 Å². The Labute approximate surface area is 148 Å². The van der Waals surface area contributed by atoms with Crippen LogP contribution in [0.3, 0.4) is 0 Å². The maximum absolute atomic E-state index is 11.7. The number of benzene rings is 2. The minimum atomic E-state index is -0.387. The van der Waals surface area contributed by atoms with Crippen LogP contribution in [-0.4, -0.2) is 25.3 Å². The molecule has 0 radical (unpaired) electrons. The third-order valence-corrected chi connectivity index (χ3v) is 3.95. The first-order valence-electron chi connectivity index (χ1n) is 6.75. The Balaban J connectivity index is 1.99. The Kier molecular flexibility index (Phi) is 6.27. The van der Waals surface area contributed by atoms with Crippen LogP contribution in [0.2, 0.25) is 5.02 Å². The zero-order valence-corrected chi connectivity index (χ0v) is 15.0. The summed E-state index contributed by atoms with van der Waals surface area (Å²) in [6, 6.07) is 12.4. The molecule has 0 unspecified atom stereocenters. The molecule has 0 fully saturated rings. The molecule has 0 aliphatic heterocycles. The number of halogens is 2. The first-order chi connectivity index (χ1) is 11.0. The molecule has 0 aliphatic rings. The van der Waals surface area contributed by atoms with Gasteiger partial charge in [0.25, 0.3) is 0 Å². The Hall–Kier alpha value is -1.76. The molecule has 0 bridgehead atoms. The molecule has 1 N–H and O–H groups in total. The molecule has 122 valence electrons. The number of nitrogens with one attached hydrogen (secondary N) is 1. The smallest absolute Gasteiger partial charge is 0.345 e. The van der Waals surface area contributed by atoms with Crippen molar-refractivity contribution in [2.75, 3.05) is 19.5 Å². The largest absolute Gasteiger partial charge is 0.489 e. The maximum atomic E-state index is 11.7. The molecular formula is C16H16BrClN2O3. The fourth-order valence-corrected chi connectivity index (χ4v) is 2.22. The summed E-state index contributed by atoms with van der Waals surface area (Å²) in [5.74, 6) is 0.753. The molecule has 0 heterocycles. The van der Waals surface area contributed by atoms with E-state index in [9.17, 15) is 4.79 Å². The SMILES string of the molecule is CON(C)C(=O)Nc1ccc(COc2ccc(Br)cc2)c(Cl)c1. The Morgan fingerprint density at radius 2 is 1.96 bits per heavy atom. The maximum Gasteiger partial charge on any atom is 0.345 e. The van der Waals surface area contributed by atoms with Gasteiger partial charge in [0.15, 0.2) is 0 Å². The lowest BCUT2D eigenvalue weighted by molar-refractivity contribution is -0.0598. The molecule has 2 aromatic carbocycles. The van der Waals surface area contributed by atoms with E-state index in [0.717, 1.165) is 20.8 Å². The van der Waals surface area contributed by atoms with E-state index in [1.165, 1.54) is 14.2 Å². The summed E-state index contributed by atoms with van der Waals surface area (Å²) in [6.45, 7) is 0.340. The van der Waals surface area contributed by atoms with Crippen molar-refractivity contribution in [3.63, 3.8) is 0 Å². The normalized spacial score (nSPS) is 10.3. The summed E-state index contributed by atoms with van der Waals surface area (Å²) in [5, 5.41) is 4.27. The van der Waals surface area contributed by atoms with Crippen LogP contribution >= 0.6 is 27.5 Å². The lowest BCUT2D eigenvalue weighted by atomic mass is 10.2. The van der Waals surface area contributed by atoms with Gasteiger partial charge >= 0.3 is 6.03 Å². The number of carbonyl (C=O) groups excluding carboxylic acids is 1. The highest BCUT2D eigenvalue weighted by Gasteiger charge is 2.09. The number of hydrogen-bond donors (Lipinski definition) is 1. The molecule has 0 aliphatic carbocycles. The molecular weight excluding hydrogens is 384 g/mol. The van der Waals surface area contributed by atoms with Gasteiger partial charge < -0.3 is 10.1 Å². The second-order valence-electron chi connectivity index (χ2n) is 4.66. The molecule has 0 atom stereocenters. The number of urea groups is 1. The van der Waals surface area contributed by atoms with Crippen LogP contribution in [-0.2, 0) is 11.4 Å². The highest BCUT2D eigenvalue weighted by atomic mass is 79.9. The molecule has 2 rings (SSSR count). The molecule has 0 saturated heterocycles. The van der Waals surface area contributed by atoms with Crippen LogP contribution in [0.5, 0.6) is 5.75 Å². The van der Waals surface area contributed by atoms with Gasteiger partial charge in [-0.25, -0.2) is 9.86 Å². The number of anilines is 1. The molecule has 2 aromatic rings. The zero-order chi connectivity index (χ0) is 16.8. The molecule has 0 aromatic heterocycles. The predicted molar refractivity (Wildman–Crippen MR) is 93.7 cm³/mol. The van der Waals surface area contributed by atoms with E-state index in [-0.39, 0.29) is 6.03 Å². The fraction of sp³-hybridized carbons (Fsp3) is 0.188. The monoisotopic (exact) mass is 398 g/mol. The summed E-state index contributed by atoms with van der Waals surface area (Å²) >= 11 is 9.61. The lowest BCUT2D eigenvalue weighted by Gasteiger charge is -2.15. The Bertz CT molecular complexity index is 680. The number of rotatable bonds is 5. The number of nitrogens with zero attached hydrogens (tertiary/aromatic N) is 1.